The van der Waals surface area contributed by atoms with E-state index in [1.165, 1.54) is 4.48 Å². The molecule has 8 heteroatoms. The van der Waals surface area contributed by atoms with Crippen molar-refractivity contribution in [2.45, 2.75) is 58.8 Å². The number of nitrogens with zero attached hydrogens (tertiary/aromatic N) is 3. The minimum Gasteiger partial charge on any atom is -0.481 e. The zero-order valence-corrected chi connectivity index (χ0v) is 19.4. The summed E-state index contributed by atoms with van der Waals surface area (Å²) in [4.78, 5) is 11.1. The largest absolute Gasteiger partial charge is 0.737 e. The van der Waals surface area contributed by atoms with Gasteiger partial charge < -0.3 is 27.2 Å². The number of aryl methyl sites for hydroxylation is 2. The molecule has 1 aromatic heterocycles. The summed E-state index contributed by atoms with van der Waals surface area (Å²) >= 11 is 0. The molecule has 0 saturated carbocycles. The summed E-state index contributed by atoms with van der Waals surface area (Å²) in [7, 11) is 6.40. The van der Waals surface area contributed by atoms with E-state index in [2.05, 4.69) is 28.1 Å². The second-order valence-corrected chi connectivity index (χ2v) is 9.83. The van der Waals surface area contributed by atoms with Gasteiger partial charge in [0.05, 0.1) is 34.1 Å². The number of hydrogen-bond acceptors (Lipinski definition) is 1. The predicted octanol–water partition coefficient (Wildman–Crippen LogP) is 4.46. The molecule has 0 unspecified atom stereocenters. The van der Waals surface area contributed by atoms with Crippen molar-refractivity contribution < 1.29 is 27.5 Å². The number of aliphatic carboxylic acids is 1. The minimum atomic E-state index is -4.07. The van der Waals surface area contributed by atoms with Crippen LogP contribution in [0.5, 0.6) is 0 Å². The number of unbranched alkanes of at least 4 members (excludes halogenated alkanes) is 1. The maximum Gasteiger partial charge on any atom is 0.737 e. The number of rotatable bonds is 10. The fourth-order valence-electron chi connectivity index (χ4n) is 4.68. The Morgan fingerprint density at radius 3 is 2.48 bits per heavy atom. The van der Waals surface area contributed by atoms with E-state index in [9.17, 15) is 4.79 Å². The third-order valence-electron chi connectivity index (χ3n) is 6.15. The van der Waals surface area contributed by atoms with Crippen LogP contribution in [0.2, 0.25) is 0 Å². The molecule has 0 aliphatic carbocycles. The number of halogens is 2. The molecule has 31 heavy (non-hydrogen) atoms. The predicted molar refractivity (Wildman–Crippen MR) is 121 cm³/mol. The molecule has 2 aliphatic rings. The number of aromatic nitrogens is 1. The van der Waals surface area contributed by atoms with Gasteiger partial charge in [0.1, 0.15) is 5.71 Å². The van der Waals surface area contributed by atoms with Crippen LogP contribution in [-0.2, 0) is 11.2 Å². The van der Waals surface area contributed by atoms with Gasteiger partial charge in [-0.15, -0.1) is 0 Å². The number of hydrogen-bond donors (Lipinski definition) is 1. The van der Waals surface area contributed by atoms with E-state index >= 15 is 8.63 Å². The Bertz CT molecular complexity index is 968. The van der Waals surface area contributed by atoms with Crippen molar-refractivity contribution in [1.29, 1.82) is 0 Å². The van der Waals surface area contributed by atoms with Crippen molar-refractivity contribution in [3.63, 3.8) is 0 Å². The van der Waals surface area contributed by atoms with E-state index in [4.69, 9.17) is 5.11 Å². The molecule has 0 atom stereocenters. The average molecular weight is 434 g/mol. The summed E-state index contributed by atoms with van der Waals surface area (Å²) in [5.41, 5.74) is 3.99. The van der Waals surface area contributed by atoms with Gasteiger partial charge in [-0.25, -0.2) is 0 Å². The van der Waals surface area contributed by atoms with E-state index in [0.717, 1.165) is 58.8 Å². The number of allylic oxidation sites excluding steroid dienone is 2. The molecule has 0 amide bonds. The molecule has 5 nitrogen and oxygen atoms in total. The first-order chi connectivity index (χ1) is 14.5. The quantitative estimate of drug-likeness (QED) is 0.437. The molecule has 0 aromatic carbocycles. The van der Waals surface area contributed by atoms with Gasteiger partial charge in [-0.3, -0.25) is 4.79 Å². The Morgan fingerprint density at radius 2 is 1.87 bits per heavy atom. The van der Waals surface area contributed by atoms with Crippen molar-refractivity contribution in [3.05, 3.63) is 40.4 Å². The fraction of sp³-hybridized carbons (Fsp3) is 0.565. The molecule has 170 valence electrons. The average Bonchev–Trinajstić information content (AvgIpc) is 3.16. The van der Waals surface area contributed by atoms with Gasteiger partial charge in [0.15, 0.2) is 5.70 Å². The third kappa shape index (κ3) is 4.84. The maximum absolute atomic E-state index is 15.9. The first-order valence-corrected chi connectivity index (χ1v) is 11.3. The summed E-state index contributed by atoms with van der Waals surface area (Å²) < 4.78 is 35.0. The summed E-state index contributed by atoms with van der Waals surface area (Å²) in [6.45, 7) is 0.718. The van der Waals surface area contributed by atoms with Crippen molar-refractivity contribution >= 4 is 24.7 Å². The number of carboxylic acids is 1. The molecule has 0 bridgehead atoms. The van der Waals surface area contributed by atoms with Crippen molar-refractivity contribution in [1.82, 2.24) is 4.48 Å². The van der Waals surface area contributed by atoms with E-state index in [-0.39, 0.29) is 12.8 Å². The highest BCUT2D eigenvalue weighted by Crippen LogP contribution is 2.39. The van der Waals surface area contributed by atoms with Gasteiger partial charge in [-0.05, 0) is 43.5 Å². The van der Waals surface area contributed by atoms with Crippen LogP contribution >= 0.6 is 0 Å². The summed E-state index contributed by atoms with van der Waals surface area (Å²) in [6.07, 6.45) is 7.96. The van der Waals surface area contributed by atoms with Gasteiger partial charge in [0, 0.05) is 36.3 Å². The second kappa shape index (κ2) is 8.73. The molecular weight excluding hydrogens is 399 g/mol. The molecule has 3 rings (SSSR count). The molecule has 0 spiro atoms. The first-order valence-electron chi connectivity index (χ1n) is 11.3. The van der Waals surface area contributed by atoms with Crippen LogP contribution in [0.4, 0.5) is 8.63 Å². The highest BCUT2D eigenvalue weighted by atomic mass is 19.2. The Kier molecular flexibility index (Phi) is 6.60. The summed E-state index contributed by atoms with van der Waals surface area (Å²) in [6, 6.07) is 1.90. The van der Waals surface area contributed by atoms with E-state index < -0.39 is 12.9 Å². The van der Waals surface area contributed by atoms with Gasteiger partial charge >= 0.3 is 12.9 Å². The van der Waals surface area contributed by atoms with Crippen molar-refractivity contribution in [2.24, 2.45) is 0 Å². The number of fused-ring (bicyclic) bond motifs is 2. The number of carboxylic acid groups (broad SMARTS) is 1. The topological polar surface area (TPSA) is 45.2 Å². The van der Waals surface area contributed by atoms with E-state index in [1.54, 1.807) is 13.0 Å². The second-order valence-electron chi connectivity index (χ2n) is 9.83. The molecule has 0 saturated heterocycles. The molecular formula is C23H35BF2N3O2+. The summed E-state index contributed by atoms with van der Waals surface area (Å²) in [5.74, 6) is -0.973. The molecule has 3 heterocycles. The third-order valence-corrected chi connectivity index (χ3v) is 6.15. The van der Waals surface area contributed by atoms with Gasteiger partial charge in [-0.1, -0.05) is 13.3 Å². The van der Waals surface area contributed by atoms with Crippen LogP contribution < -0.4 is 0 Å². The van der Waals surface area contributed by atoms with Gasteiger partial charge in [-0.2, -0.15) is 0 Å². The maximum atomic E-state index is 15.9. The zero-order chi connectivity index (χ0) is 23.0. The molecule has 1 aromatic rings. The van der Waals surface area contributed by atoms with Crippen LogP contribution in [0.15, 0.2) is 23.4 Å². The SMILES string of the molecule is CCCCC1=CC(CCC(=O)O)=[N+]2C1=Cc1c(CCC[N+](C)(C)C)cc(C)n1[B-]2(F)F. The van der Waals surface area contributed by atoms with Crippen LogP contribution in [-0.4, -0.2) is 64.9 Å². The zero-order valence-electron chi connectivity index (χ0n) is 19.4. The minimum absolute atomic E-state index is 0.103. The lowest BCUT2D eigenvalue weighted by Gasteiger charge is -2.31. The first kappa shape index (κ1) is 23.4. The molecule has 2 aliphatic heterocycles. The van der Waals surface area contributed by atoms with Crippen LogP contribution in [0.25, 0.3) is 6.08 Å². The highest BCUT2D eigenvalue weighted by Gasteiger charge is 2.53. The van der Waals surface area contributed by atoms with E-state index in [1.807, 2.05) is 12.1 Å². The van der Waals surface area contributed by atoms with Crippen molar-refractivity contribution in [2.75, 3.05) is 27.7 Å². The lowest BCUT2D eigenvalue weighted by Crippen LogP contribution is -2.51. The van der Waals surface area contributed by atoms with Crippen molar-refractivity contribution in [3.8, 4) is 0 Å². The fourth-order valence-corrected chi connectivity index (χ4v) is 4.68. The smallest absolute Gasteiger partial charge is 0.481 e. The Hall–Kier alpha value is -2.22. The Balaban J connectivity index is 2.04. The normalized spacial score (nSPS) is 17.4. The van der Waals surface area contributed by atoms with Crippen LogP contribution in [0, 0.1) is 6.92 Å². The lowest BCUT2D eigenvalue weighted by atomic mass is 9.88. The summed E-state index contributed by atoms with van der Waals surface area (Å²) in [5, 5.41) is 9.10. The standard InChI is InChI=1S/C23H34BF2N3O2/c1-6-7-9-19-15-20(11-12-23(30)31)28-22(19)16-21-18(10-8-13-29(3,4)5)14-17(2)27(21)24(28,25)26/h14-16H,6-13H2,1-5H3/p+1. The molecule has 1 N–H and O–H groups in total. The molecule has 0 radical (unpaired) electrons. The van der Waals surface area contributed by atoms with Crippen LogP contribution in [0.1, 0.15) is 62.4 Å². The molecule has 0 fully saturated rings. The monoisotopic (exact) mass is 434 g/mol. The number of carbonyl (C=O) groups is 1. The Morgan fingerprint density at radius 1 is 1.16 bits per heavy atom. The van der Waals surface area contributed by atoms with E-state index in [0.29, 0.717) is 22.8 Å². The lowest BCUT2D eigenvalue weighted by molar-refractivity contribution is -0.870. The Labute approximate surface area is 184 Å². The van der Waals surface area contributed by atoms with Crippen LogP contribution in [0.3, 0.4) is 0 Å². The van der Waals surface area contributed by atoms with Gasteiger partial charge in [0.2, 0.25) is 0 Å². The number of quaternary nitrogens is 1. The van der Waals surface area contributed by atoms with Gasteiger partial charge in [0.25, 0.3) is 0 Å². The highest BCUT2D eigenvalue weighted by molar-refractivity contribution is 6.58.